The second-order valence-electron chi connectivity index (χ2n) is 8.36. The van der Waals surface area contributed by atoms with Crippen molar-refractivity contribution >= 4 is 11.8 Å². The topological polar surface area (TPSA) is 110 Å². The quantitative estimate of drug-likeness (QED) is 0.419. The van der Waals surface area contributed by atoms with E-state index >= 15 is 0 Å². The molecule has 0 amide bonds. The molecule has 1 saturated carbocycles. The van der Waals surface area contributed by atoms with E-state index in [4.69, 9.17) is 4.52 Å². The highest BCUT2D eigenvalue weighted by molar-refractivity contribution is 5.78. The maximum Gasteiger partial charge on any atom is 0.311 e. The summed E-state index contributed by atoms with van der Waals surface area (Å²) >= 11 is 0. The van der Waals surface area contributed by atoms with Crippen LogP contribution in [0.15, 0.2) is 53.4 Å². The number of aliphatic carboxylic acids is 1. The molecule has 0 spiro atoms. The van der Waals surface area contributed by atoms with Gasteiger partial charge in [0.25, 0.3) is 0 Å². The van der Waals surface area contributed by atoms with E-state index in [2.05, 4.69) is 20.2 Å². The number of nitrogens with zero attached hydrogens (tertiary/aromatic N) is 6. The van der Waals surface area contributed by atoms with E-state index in [1.807, 2.05) is 0 Å². The Bertz CT molecular complexity index is 1350. The van der Waals surface area contributed by atoms with E-state index in [-0.39, 0.29) is 30.5 Å². The molecule has 11 heteroatoms. The van der Waals surface area contributed by atoms with Crippen LogP contribution in [0, 0.1) is 17.0 Å². The number of carboxylic acids is 1. The Hall–Kier alpha value is -4.15. The van der Waals surface area contributed by atoms with Gasteiger partial charge in [-0.25, -0.2) is 18.7 Å². The minimum Gasteiger partial charge on any atom is -0.481 e. The van der Waals surface area contributed by atoms with Gasteiger partial charge in [-0.3, -0.25) is 9.48 Å². The van der Waals surface area contributed by atoms with Gasteiger partial charge in [-0.05, 0) is 25.0 Å². The first-order chi connectivity index (χ1) is 16.4. The Morgan fingerprint density at radius 3 is 2.68 bits per heavy atom. The zero-order chi connectivity index (χ0) is 23.9. The Balaban J connectivity index is 1.51. The SMILES string of the molecule is CN(CC1(C(=O)O)CC1)c1nc(-c2cc(-c3ccon3)n(Cc3ccccc3F)n2)ncc1F. The van der Waals surface area contributed by atoms with Crippen molar-refractivity contribution in [2.75, 3.05) is 18.5 Å². The van der Waals surface area contributed by atoms with Crippen molar-refractivity contribution < 1.29 is 23.2 Å². The van der Waals surface area contributed by atoms with Gasteiger partial charge in [0.1, 0.15) is 23.5 Å². The third kappa shape index (κ3) is 4.00. The predicted molar refractivity (Wildman–Crippen MR) is 117 cm³/mol. The van der Waals surface area contributed by atoms with E-state index in [1.165, 1.54) is 17.2 Å². The van der Waals surface area contributed by atoms with Crippen LogP contribution in [0.2, 0.25) is 0 Å². The highest BCUT2D eigenvalue weighted by Crippen LogP contribution is 2.46. The van der Waals surface area contributed by atoms with Gasteiger partial charge in [0.2, 0.25) is 0 Å². The molecule has 5 rings (SSSR count). The third-order valence-corrected chi connectivity index (χ3v) is 5.92. The Kier molecular flexibility index (Phi) is 5.31. The molecule has 4 aromatic rings. The molecule has 3 heterocycles. The maximum absolute atomic E-state index is 14.6. The average Bonchev–Trinajstić information content (AvgIpc) is 3.20. The van der Waals surface area contributed by atoms with Crippen LogP contribution in [0.1, 0.15) is 18.4 Å². The number of anilines is 1. The fraction of sp³-hybridized carbons (Fsp3) is 0.261. The molecule has 9 nitrogen and oxygen atoms in total. The lowest BCUT2D eigenvalue weighted by molar-refractivity contribution is -0.142. The third-order valence-electron chi connectivity index (χ3n) is 5.92. The molecule has 1 aliphatic carbocycles. The van der Waals surface area contributed by atoms with Crippen LogP contribution in [0.5, 0.6) is 0 Å². The molecule has 1 N–H and O–H groups in total. The molecule has 1 fully saturated rings. The molecule has 34 heavy (non-hydrogen) atoms. The zero-order valence-electron chi connectivity index (χ0n) is 18.2. The second kappa shape index (κ2) is 8.32. The lowest BCUT2D eigenvalue weighted by atomic mass is 10.1. The summed E-state index contributed by atoms with van der Waals surface area (Å²) in [5, 5.41) is 17.9. The van der Waals surface area contributed by atoms with Gasteiger partial charge in [0.15, 0.2) is 17.5 Å². The average molecular weight is 466 g/mol. The summed E-state index contributed by atoms with van der Waals surface area (Å²) in [6.45, 7) is 0.242. The van der Waals surface area contributed by atoms with Crippen LogP contribution < -0.4 is 4.90 Å². The maximum atomic E-state index is 14.6. The van der Waals surface area contributed by atoms with Gasteiger partial charge in [0.05, 0.1) is 23.9 Å². The minimum absolute atomic E-state index is 0.0239. The largest absolute Gasteiger partial charge is 0.481 e. The van der Waals surface area contributed by atoms with Crippen LogP contribution in [0.3, 0.4) is 0 Å². The Morgan fingerprint density at radius 2 is 2.00 bits per heavy atom. The molecule has 0 radical (unpaired) electrons. The predicted octanol–water partition coefficient (Wildman–Crippen LogP) is 3.62. The van der Waals surface area contributed by atoms with Crippen molar-refractivity contribution in [3.05, 3.63) is 66.1 Å². The lowest BCUT2D eigenvalue weighted by Crippen LogP contribution is -2.33. The van der Waals surface area contributed by atoms with Crippen molar-refractivity contribution in [3.8, 4) is 22.9 Å². The van der Waals surface area contributed by atoms with Gasteiger partial charge in [-0.1, -0.05) is 23.4 Å². The molecular weight excluding hydrogens is 446 g/mol. The molecule has 1 aliphatic rings. The van der Waals surface area contributed by atoms with E-state index in [1.54, 1.807) is 42.1 Å². The standard InChI is InChI=1S/C23H20F2N6O3/c1-30(13-23(7-8-23)22(32)33)21-16(25)11-26-20(27-21)18-10-19(17-6-9-34-29-17)31(28-18)12-14-4-2-3-5-15(14)24/h2-6,9-11H,7-8,12-13H2,1H3,(H,32,33). The number of benzene rings is 1. The van der Waals surface area contributed by atoms with Gasteiger partial charge >= 0.3 is 5.97 Å². The number of carbonyl (C=O) groups is 1. The van der Waals surface area contributed by atoms with Gasteiger partial charge in [-0.15, -0.1) is 0 Å². The van der Waals surface area contributed by atoms with Crippen molar-refractivity contribution in [1.29, 1.82) is 0 Å². The van der Waals surface area contributed by atoms with Crippen LogP contribution in [0.4, 0.5) is 14.6 Å². The van der Waals surface area contributed by atoms with Crippen LogP contribution in [0.25, 0.3) is 22.9 Å². The number of hydrogen-bond acceptors (Lipinski definition) is 7. The van der Waals surface area contributed by atoms with Gasteiger partial charge < -0.3 is 14.5 Å². The summed E-state index contributed by atoms with van der Waals surface area (Å²) < 4.78 is 35.3. The normalized spacial score (nSPS) is 14.2. The summed E-state index contributed by atoms with van der Waals surface area (Å²) in [7, 11) is 1.59. The first kappa shape index (κ1) is 21.7. The molecule has 1 aromatic carbocycles. The molecule has 174 valence electrons. The first-order valence-electron chi connectivity index (χ1n) is 10.6. The van der Waals surface area contributed by atoms with E-state index in [0.717, 1.165) is 6.20 Å². The molecule has 0 atom stereocenters. The number of hydrogen-bond donors (Lipinski definition) is 1. The highest BCUT2D eigenvalue weighted by Gasteiger charge is 2.51. The van der Waals surface area contributed by atoms with Crippen molar-refractivity contribution in [3.63, 3.8) is 0 Å². The van der Waals surface area contributed by atoms with Gasteiger partial charge in [0, 0.05) is 25.2 Å². The molecule has 0 unspecified atom stereocenters. The smallest absolute Gasteiger partial charge is 0.311 e. The highest BCUT2D eigenvalue weighted by atomic mass is 19.1. The molecule has 0 aliphatic heterocycles. The monoisotopic (exact) mass is 466 g/mol. The van der Waals surface area contributed by atoms with E-state index in [0.29, 0.717) is 35.5 Å². The molecule has 3 aromatic heterocycles. The summed E-state index contributed by atoms with van der Waals surface area (Å²) in [4.78, 5) is 21.4. The summed E-state index contributed by atoms with van der Waals surface area (Å²) in [5.41, 5.74) is 0.881. The van der Waals surface area contributed by atoms with Crippen molar-refractivity contribution in [1.82, 2.24) is 24.9 Å². The number of carboxylic acid groups (broad SMARTS) is 1. The number of halogens is 2. The lowest BCUT2D eigenvalue weighted by Gasteiger charge is -2.22. The Labute approximate surface area is 192 Å². The molecule has 0 saturated heterocycles. The fourth-order valence-corrected chi connectivity index (χ4v) is 3.85. The summed E-state index contributed by atoms with van der Waals surface area (Å²) in [5.74, 6) is -1.84. The zero-order valence-corrected chi connectivity index (χ0v) is 18.2. The van der Waals surface area contributed by atoms with Gasteiger partial charge in [-0.2, -0.15) is 5.10 Å². The van der Waals surface area contributed by atoms with Crippen molar-refractivity contribution in [2.24, 2.45) is 5.41 Å². The molecule has 0 bridgehead atoms. The summed E-state index contributed by atoms with van der Waals surface area (Å²) in [6, 6.07) is 9.66. The minimum atomic E-state index is -0.904. The fourth-order valence-electron chi connectivity index (χ4n) is 3.85. The van der Waals surface area contributed by atoms with Crippen molar-refractivity contribution in [2.45, 2.75) is 19.4 Å². The second-order valence-corrected chi connectivity index (χ2v) is 8.36. The van der Waals surface area contributed by atoms with E-state index < -0.39 is 17.2 Å². The van der Waals surface area contributed by atoms with Crippen LogP contribution in [-0.2, 0) is 11.3 Å². The summed E-state index contributed by atoms with van der Waals surface area (Å²) in [6.07, 6.45) is 3.51. The van der Waals surface area contributed by atoms with E-state index in [9.17, 15) is 18.7 Å². The number of aromatic nitrogens is 5. The Morgan fingerprint density at radius 1 is 1.21 bits per heavy atom. The van der Waals surface area contributed by atoms with Crippen LogP contribution in [-0.4, -0.2) is 49.6 Å². The number of rotatable bonds is 8. The molecular formula is C23H20F2N6O3. The first-order valence-corrected chi connectivity index (χ1v) is 10.6. The van der Waals surface area contributed by atoms with Crippen LogP contribution >= 0.6 is 0 Å².